The fraction of sp³-hybridized carbons (Fsp3) is 0.188. The second kappa shape index (κ2) is 5.78. The van der Waals surface area contributed by atoms with Crippen LogP contribution in [0.5, 0.6) is 0 Å². The fourth-order valence-electron chi connectivity index (χ4n) is 2.95. The van der Waals surface area contributed by atoms with E-state index in [2.05, 4.69) is 4.98 Å². The Morgan fingerprint density at radius 1 is 1.26 bits per heavy atom. The molecular formula is C16H11ClN2O2S2. The summed E-state index contributed by atoms with van der Waals surface area (Å²) in [6.07, 6.45) is 3.04. The smallest absolute Gasteiger partial charge is 0.195 e. The average molecular weight is 363 g/mol. The first-order valence-corrected chi connectivity index (χ1v) is 9.60. The van der Waals surface area contributed by atoms with Gasteiger partial charge in [-0.1, -0.05) is 23.5 Å². The normalized spacial score (nSPS) is 14.2. The SMILES string of the molecule is O=Cc1c(-c2ccc(SCl)cc2)nc2sc3c(n12)CCCC3=O. The fourth-order valence-corrected chi connectivity index (χ4v) is 4.65. The van der Waals surface area contributed by atoms with Crippen molar-refractivity contribution in [2.75, 3.05) is 0 Å². The molecule has 0 bridgehead atoms. The molecule has 0 saturated carbocycles. The molecule has 116 valence electrons. The molecule has 4 rings (SSSR count). The van der Waals surface area contributed by atoms with Gasteiger partial charge in [-0.3, -0.25) is 14.0 Å². The summed E-state index contributed by atoms with van der Waals surface area (Å²) < 4.78 is 1.85. The molecule has 1 aliphatic carbocycles. The topological polar surface area (TPSA) is 51.4 Å². The minimum Gasteiger partial charge on any atom is -0.296 e. The summed E-state index contributed by atoms with van der Waals surface area (Å²) in [6.45, 7) is 0. The van der Waals surface area contributed by atoms with Crippen LogP contribution in [0.1, 0.15) is 38.7 Å². The van der Waals surface area contributed by atoms with Crippen LogP contribution in [0, 0.1) is 0 Å². The zero-order valence-corrected chi connectivity index (χ0v) is 14.3. The van der Waals surface area contributed by atoms with Crippen LogP contribution in [-0.2, 0) is 6.42 Å². The van der Waals surface area contributed by atoms with Crippen molar-refractivity contribution in [3.05, 3.63) is 40.5 Å². The highest BCUT2D eigenvalue weighted by Gasteiger charge is 2.26. The van der Waals surface area contributed by atoms with Gasteiger partial charge < -0.3 is 0 Å². The van der Waals surface area contributed by atoms with Gasteiger partial charge in [-0.05, 0) is 46.6 Å². The van der Waals surface area contributed by atoms with E-state index in [1.807, 2.05) is 28.7 Å². The van der Waals surface area contributed by atoms with Crippen molar-refractivity contribution in [2.24, 2.45) is 0 Å². The summed E-state index contributed by atoms with van der Waals surface area (Å²) in [7, 11) is 6.88. The minimum absolute atomic E-state index is 0.156. The van der Waals surface area contributed by atoms with Gasteiger partial charge in [0.25, 0.3) is 0 Å². The van der Waals surface area contributed by atoms with Gasteiger partial charge in [-0.15, -0.1) is 0 Å². The van der Waals surface area contributed by atoms with Crippen LogP contribution in [0.15, 0.2) is 29.2 Å². The number of carbonyl (C=O) groups is 2. The molecular weight excluding hydrogens is 352 g/mol. The number of fused-ring (bicyclic) bond motifs is 3. The molecule has 0 unspecified atom stereocenters. The molecule has 0 fully saturated rings. The lowest BCUT2D eigenvalue weighted by atomic mass is 10.0. The predicted molar refractivity (Wildman–Crippen MR) is 92.9 cm³/mol. The lowest BCUT2D eigenvalue weighted by Gasteiger charge is -2.10. The Morgan fingerprint density at radius 2 is 2.04 bits per heavy atom. The molecule has 4 nitrogen and oxygen atoms in total. The number of ketones is 1. The first-order valence-electron chi connectivity index (χ1n) is 7.14. The summed E-state index contributed by atoms with van der Waals surface area (Å²) in [6, 6.07) is 7.60. The lowest BCUT2D eigenvalue weighted by Crippen LogP contribution is -2.10. The number of aldehydes is 1. The largest absolute Gasteiger partial charge is 0.296 e. The molecule has 0 aliphatic heterocycles. The maximum absolute atomic E-state index is 12.0. The molecule has 1 aromatic carbocycles. The molecule has 7 heteroatoms. The Kier molecular flexibility index (Phi) is 3.75. The van der Waals surface area contributed by atoms with Crippen molar-refractivity contribution in [2.45, 2.75) is 24.2 Å². The summed E-state index contributed by atoms with van der Waals surface area (Å²) in [5.41, 5.74) is 2.96. The third-order valence-electron chi connectivity index (χ3n) is 4.01. The molecule has 0 atom stereocenters. The second-order valence-corrected chi connectivity index (χ2v) is 7.40. The van der Waals surface area contributed by atoms with Crippen molar-refractivity contribution >= 4 is 50.0 Å². The van der Waals surface area contributed by atoms with Crippen molar-refractivity contribution in [3.63, 3.8) is 0 Å². The quantitative estimate of drug-likeness (QED) is 0.637. The number of rotatable bonds is 3. The molecule has 0 spiro atoms. The highest BCUT2D eigenvalue weighted by molar-refractivity contribution is 8.21. The van der Waals surface area contributed by atoms with Gasteiger partial charge in [0.05, 0.1) is 4.88 Å². The Balaban J connectivity index is 1.92. The zero-order chi connectivity index (χ0) is 16.0. The summed E-state index contributed by atoms with van der Waals surface area (Å²) >= 11 is 1.38. The molecule has 0 saturated heterocycles. The molecule has 2 aromatic heterocycles. The van der Waals surface area contributed by atoms with Crippen LogP contribution in [0.25, 0.3) is 16.2 Å². The van der Waals surface area contributed by atoms with Gasteiger partial charge in [0.15, 0.2) is 17.0 Å². The Labute approximate surface area is 145 Å². The zero-order valence-electron chi connectivity index (χ0n) is 11.9. The number of aryl methyl sites for hydroxylation is 1. The summed E-state index contributed by atoms with van der Waals surface area (Å²) in [4.78, 5) is 30.7. The van der Waals surface area contributed by atoms with E-state index < -0.39 is 0 Å². The van der Waals surface area contributed by atoms with Crippen LogP contribution in [-0.4, -0.2) is 21.5 Å². The number of Topliss-reactive ketones (excluding diaryl/α,β-unsaturated/α-hetero) is 1. The average Bonchev–Trinajstić information content (AvgIpc) is 3.12. The van der Waals surface area contributed by atoms with Crippen LogP contribution in [0.2, 0.25) is 0 Å². The van der Waals surface area contributed by atoms with E-state index in [0.29, 0.717) is 22.8 Å². The number of thiazole rings is 1. The van der Waals surface area contributed by atoms with Crippen molar-refractivity contribution in [3.8, 4) is 11.3 Å². The van der Waals surface area contributed by atoms with Crippen LogP contribution in [0.3, 0.4) is 0 Å². The molecule has 2 heterocycles. The van der Waals surface area contributed by atoms with Gasteiger partial charge in [-0.2, -0.15) is 0 Å². The molecule has 0 N–H and O–H groups in total. The molecule has 0 radical (unpaired) electrons. The summed E-state index contributed by atoms with van der Waals surface area (Å²) in [5.74, 6) is 0.156. The highest BCUT2D eigenvalue weighted by Crippen LogP contribution is 2.35. The van der Waals surface area contributed by atoms with E-state index >= 15 is 0 Å². The van der Waals surface area contributed by atoms with Gasteiger partial charge in [0.1, 0.15) is 11.4 Å². The summed E-state index contributed by atoms with van der Waals surface area (Å²) in [5, 5.41) is 0. The van der Waals surface area contributed by atoms with E-state index in [-0.39, 0.29) is 5.78 Å². The Bertz CT molecular complexity index is 928. The minimum atomic E-state index is 0.156. The third kappa shape index (κ3) is 2.33. The second-order valence-electron chi connectivity index (χ2n) is 5.34. The number of aromatic nitrogens is 2. The first kappa shape index (κ1) is 14.9. The number of hydrogen-bond donors (Lipinski definition) is 0. The number of halogens is 1. The van der Waals surface area contributed by atoms with Gasteiger partial charge >= 0.3 is 0 Å². The first-order chi connectivity index (χ1) is 11.2. The van der Waals surface area contributed by atoms with Crippen LogP contribution in [0.4, 0.5) is 0 Å². The maximum atomic E-state index is 12.0. The number of nitrogens with zero attached hydrogens (tertiary/aromatic N) is 2. The highest BCUT2D eigenvalue weighted by atomic mass is 35.7. The Morgan fingerprint density at radius 3 is 2.74 bits per heavy atom. The third-order valence-corrected chi connectivity index (χ3v) is 6.12. The van der Waals surface area contributed by atoms with E-state index in [1.165, 1.54) is 11.3 Å². The van der Waals surface area contributed by atoms with E-state index in [0.717, 1.165) is 51.1 Å². The van der Waals surface area contributed by atoms with Crippen LogP contribution < -0.4 is 0 Å². The van der Waals surface area contributed by atoms with Crippen molar-refractivity contribution in [1.82, 2.24) is 9.38 Å². The van der Waals surface area contributed by atoms with Gasteiger partial charge in [-0.25, -0.2) is 4.98 Å². The van der Waals surface area contributed by atoms with Crippen molar-refractivity contribution in [1.29, 1.82) is 0 Å². The van der Waals surface area contributed by atoms with Crippen molar-refractivity contribution < 1.29 is 9.59 Å². The monoisotopic (exact) mass is 362 g/mol. The van der Waals surface area contributed by atoms with E-state index in [4.69, 9.17) is 10.7 Å². The van der Waals surface area contributed by atoms with Crippen LogP contribution >= 0.6 is 33.0 Å². The lowest BCUT2D eigenvalue weighted by molar-refractivity contribution is 0.0975. The van der Waals surface area contributed by atoms with Gasteiger partial charge in [0.2, 0.25) is 0 Å². The number of hydrogen-bond acceptors (Lipinski definition) is 5. The molecule has 23 heavy (non-hydrogen) atoms. The molecule has 3 aromatic rings. The molecule has 1 aliphatic rings. The predicted octanol–water partition coefficient (Wildman–Crippen LogP) is 4.64. The number of benzene rings is 1. The maximum Gasteiger partial charge on any atom is 0.195 e. The number of imidazole rings is 1. The van der Waals surface area contributed by atoms with Gasteiger partial charge in [0, 0.05) is 22.6 Å². The standard InChI is InChI=1S/C16H11ClN2O2S2/c17-23-10-6-4-9(5-7-10)14-12(8-20)19-11-2-1-3-13(21)15(11)22-16(19)18-14/h4-8H,1-3H2. The Hall–Kier alpha value is -1.63. The van der Waals surface area contributed by atoms with E-state index in [9.17, 15) is 9.59 Å². The number of carbonyl (C=O) groups excluding carboxylic acids is 2. The van der Waals surface area contributed by atoms with E-state index in [1.54, 1.807) is 0 Å². The molecule has 0 amide bonds.